The molecule has 0 spiro atoms. The van der Waals surface area contributed by atoms with Gasteiger partial charge in [-0.1, -0.05) is 42.5 Å². The third kappa shape index (κ3) is 5.23. The Morgan fingerprint density at radius 1 is 1.00 bits per heavy atom. The zero-order chi connectivity index (χ0) is 26.0. The molecule has 5 nitrogen and oxygen atoms in total. The van der Waals surface area contributed by atoms with Crippen LogP contribution in [0, 0.1) is 13.8 Å². The van der Waals surface area contributed by atoms with Crippen molar-refractivity contribution in [2.75, 3.05) is 6.54 Å². The van der Waals surface area contributed by atoms with Crippen LogP contribution in [0.4, 0.5) is 13.2 Å². The van der Waals surface area contributed by atoms with Gasteiger partial charge in [0.05, 0.1) is 17.5 Å². The van der Waals surface area contributed by atoms with Gasteiger partial charge in [-0.3, -0.25) is 4.79 Å². The van der Waals surface area contributed by atoms with E-state index in [1.807, 2.05) is 37.3 Å². The summed E-state index contributed by atoms with van der Waals surface area (Å²) in [5, 5.41) is 10.5. The number of phenolic OH excluding ortho intramolecular Hbond substituents is 1. The van der Waals surface area contributed by atoms with Crippen LogP contribution in [0.2, 0.25) is 0 Å². The molecule has 36 heavy (non-hydrogen) atoms. The van der Waals surface area contributed by atoms with Crippen LogP contribution >= 0.6 is 0 Å². The first-order valence-electron chi connectivity index (χ1n) is 11.6. The number of hydrogen-bond donors (Lipinski definition) is 2. The van der Waals surface area contributed by atoms with Crippen LogP contribution in [-0.4, -0.2) is 11.7 Å². The van der Waals surface area contributed by atoms with E-state index in [0.29, 0.717) is 18.7 Å². The van der Waals surface area contributed by atoms with E-state index in [4.69, 9.17) is 9.15 Å². The first-order valence-corrected chi connectivity index (χ1v) is 11.6. The fourth-order valence-electron chi connectivity index (χ4n) is 4.11. The highest BCUT2D eigenvalue weighted by atomic mass is 19.4. The normalized spacial score (nSPS) is 12.6. The second kappa shape index (κ2) is 10.1. The second-order valence-corrected chi connectivity index (χ2v) is 8.84. The maximum Gasteiger partial charge on any atom is 0.453 e. The number of benzene rings is 3. The molecule has 1 aromatic heterocycles. The molecule has 0 aliphatic rings. The minimum atomic E-state index is -5.00. The number of fused-ring (bicyclic) bond motifs is 1. The molecule has 1 heterocycles. The molecular formula is C28H27F3NO4+. The van der Waals surface area contributed by atoms with Crippen molar-refractivity contribution in [3.8, 4) is 17.2 Å². The topological polar surface area (TPSA) is 64.1 Å². The fraction of sp³-hybridized carbons (Fsp3) is 0.250. The van der Waals surface area contributed by atoms with Crippen molar-refractivity contribution in [2.45, 2.75) is 40.0 Å². The number of nitrogens with one attached hydrogen (secondary N) is 1. The molecule has 8 heteroatoms. The molecule has 0 aliphatic heterocycles. The van der Waals surface area contributed by atoms with E-state index in [9.17, 15) is 23.1 Å². The zero-order valence-corrected chi connectivity index (χ0v) is 20.2. The molecule has 0 fully saturated rings. The average Bonchev–Trinajstić information content (AvgIpc) is 2.83. The van der Waals surface area contributed by atoms with E-state index >= 15 is 0 Å². The Labute approximate surface area is 206 Å². The Hall–Kier alpha value is -3.78. The van der Waals surface area contributed by atoms with Gasteiger partial charge in [0.2, 0.25) is 11.2 Å². The van der Waals surface area contributed by atoms with E-state index in [0.717, 1.165) is 16.0 Å². The minimum Gasteiger partial charge on any atom is -0.507 e. The molecule has 0 bridgehead atoms. The van der Waals surface area contributed by atoms with Crippen LogP contribution in [0.15, 0.2) is 69.9 Å². The van der Waals surface area contributed by atoms with E-state index in [1.54, 1.807) is 32.0 Å². The quantitative estimate of drug-likeness (QED) is 0.352. The molecule has 4 aromatic rings. The summed E-state index contributed by atoms with van der Waals surface area (Å²) in [5.74, 6) is -2.56. The molecule has 1 unspecified atom stereocenters. The summed E-state index contributed by atoms with van der Waals surface area (Å²) in [6.07, 6.45) is -5.00. The van der Waals surface area contributed by atoms with Crippen LogP contribution in [0.3, 0.4) is 0 Å². The standard InChI is InChI=1S/C28H26F3NO4/c1-4-32(15-19-8-6-5-7-9-19)16-21-22(33)13-12-20-24(34)26(27(28(29,30)31)36-25(20)21)35-23-14-17(2)10-11-18(23)3/h5-14,33H,4,15-16H2,1-3H3/p+1. The smallest absolute Gasteiger partial charge is 0.453 e. The number of rotatable bonds is 7. The van der Waals surface area contributed by atoms with Gasteiger partial charge in [0, 0.05) is 5.56 Å². The maximum atomic E-state index is 14.1. The lowest BCUT2D eigenvalue weighted by molar-refractivity contribution is -0.925. The first kappa shape index (κ1) is 25.3. The largest absolute Gasteiger partial charge is 0.507 e. The van der Waals surface area contributed by atoms with Gasteiger partial charge >= 0.3 is 6.18 Å². The highest BCUT2D eigenvalue weighted by Gasteiger charge is 2.41. The Morgan fingerprint density at radius 2 is 1.72 bits per heavy atom. The van der Waals surface area contributed by atoms with Crippen molar-refractivity contribution in [1.82, 2.24) is 0 Å². The molecule has 0 aliphatic carbocycles. The lowest BCUT2D eigenvalue weighted by atomic mass is 10.1. The predicted molar refractivity (Wildman–Crippen MR) is 130 cm³/mol. The molecule has 1 atom stereocenters. The second-order valence-electron chi connectivity index (χ2n) is 8.84. The van der Waals surface area contributed by atoms with Gasteiger partial charge in [-0.25, -0.2) is 0 Å². The lowest BCUT2D eigenvalue weighted by Gasteiger charge is -2.20. The summed E-state index contributed by atoms with van der Waals surface area (Å²) < 4.78 is 53.2. The Bertz CT molecular complexity index is 1450. The summed E-state index contributed by atoms with van der Waals surface area (Å²) in [6.45, 7) is 6.76. The van der Waals surface area contributed by atoms with Gasteiger partial charge in [-0.2, -0.15) is 13.2 Å². The molecule has 0 saturated carbocycles. The van der Waals surface area contributed by atoms with Crippen LogP contribution in [0.1, 0.15) is 34.9 Å². The van der Waals surface area contributed by atoms with Gasteiger partial charge in [0.1, 0.15) is 24.6 Å². The van der Waals surface area contributed by atoms with Crippen molar-refractivity contribution in [2.24, 2.45) is 0 Å². The summed E-state index contributed by atoms with van der Waals surface area (Å²) in [5.41, 5.74) is 1.27. The average molecular weight is 499 g/mol. The maximum absolute atomic E-state index is 14.1. The third-order valence-electron chi connectivity index (χ3n) is 6.13. The number of quaternary nitrogens is 1. The Kier molecular flexibility index (Phi) is 7.08. The molecule has 0 amide bonds. The van der Waals surface area contributed by atoms with Gasteiger partial charge in [0.15, 0.2) is 5.58 Å². The summed E-state index contributed by atoms with van der Waals surface area (Å²) in [4.78, 5) is 14.3. The Balaban J connectivity index is 1.85. The number of ether oxygens (including phenoxy) is 1. The number of aryl methyl sites for hydroxylation is 2. The van der Waals surface area contributed by atoms with Crippen molar-refractivity contribution < 1.29 is 32.3 Å². The first-order chi connectivity index (χ1) is 17.1. The SMILES string of the molecule is CC[NH+](Cc1ccccc1)Cc1c(O)ccc2c(=O)c(Oc3cc(C)ccc3C)c(C(F)(F)F)oc12. The molecular weight excluding hydrogens is 471 g/mol. The minimum absolute atomic E-state index is 0.0914. The summed E-state index contributed by atoms with van der Waals surface area (Å²) in [7, 11) is 0. The van der Waals surface area contributed by atoms with Crippen LogP contribution in [0.5, 0.6) is 17.2 Å². The molecule has 0 radical (unpaired) electrons. The third-order valence-corrected chi connectivity index (χ3v) is 6.13. The number of aromatic hydroxyl groups is 1. The number of phenols is 1. The van der Waals surface area contributed by atoms with E-state index in [-0.39, 0.29) is 34.6 Å². The summed E-state index contributed by atoms with van der Waals surface area (Å²) in [6, 6.07) is 17.2. The number of halogens is 3. The molecule has 3 aromatic carbocycles. The van der Waals surface area contributed by atoms with Crippen LogP contribution in [0.25, 0.3) is 11.0 Å². The molecule has 0 saturated heterocycles. The van der Waals surface area contributed by atoms with Gasteiger partial charge in [0.25, 0.3) is 5.76 Å². The predicted octanol–water partition coefficient (Wildman–Crippen LogP) is 5.53. The van der Waals surface area contributed by atoms with Crippen LogP contribution < -0.4 is 15.1 Å². The zero-order valence-electron chi connectivity index (χ0n) is 20.2. The Morgan fingerprint density at radius 3 is 2.39 bits per heavy atom. The van der Waals surface area contributed by atoms with Crippen molar-refractivity contribution in [3.63, 3.8) is 0 Å². The summed E-state index contributed by atoms with van der Waals surface area (Å²) >= 11 is 0. The van der Waals surface area contributed by atoms with Gasteiger partial charge in [-0.15, -0.1) is 0 Å². The van der Waals surface area contributed by atoms with Gasteiger partial charge in [-0.05, 0) is 50.1 Å². The van der Waals surface area contributed by atoms with Crippen molar-refractivity contribution in [3.05, 3.63) is 98.9 Å². The number of hydrogen-bond acceptors (Lipinski definition) is 4. The van der Waals surface area contributed by atoms with E-state index in [2.05, 4.69) is 0 Å². The van der Waals surface area contributed by atoms with Crippen molar-refractivity contribution in [1.29, 1.82) is 0 Å². The van der Waals surface area contributed by atoms with Crippen LogP contribution in [-0.2, 0) is 19.3 Å². The lowest BCUT2D eigenvalue weighted by Crippen LogP contribution is -3.09. The molecule has 2 N–H and O–H groups in total. The van der Waals surface area contributed by atoms with Gasteiger partial charge < -0.3 is 19.2 Å². The monoisotopic (exact) mass is 498 g/mol. The molecule has 188 valence electrons. The molecule has 4 rings (SSSR count). The highest BCUT2D eigenvalue weighted by Crippen LogP contribution is 2.40. The number of alkyl halides is 3. The fourth-order valence-corrected chi connectivity index (χ4v) is 4.11. The highest BCUT2D eigenvalue weighted by molar-refractivity contribution is 5.83. The van der Waals surface area contributed by atoms with Crippen molar-refractivity contribution >= 4 is 11.0 Å². The van der Waals surface area contributed by atoms with E-state index < -0.39 is 23.1 Å². The van der Waals surface area contributed by atoms with E-state index in [1.165, 1.54) is 12.1 Å².